The molecule has 2 rings (SSSR count). The molecule has 0 amide bonds. The molecular formula is C19H24N2O3S. The second kappa shape index (κ2) is 9.74. The van der Waals surface area contributed by atoms with Crippen LogP contribution in [-0.4, -0.2) is 33.0 Å². The third-order valence-electron chi connectivity index (χ3n) is 3.77. The minimum atomic E-state index is 0.528. The molecule has 0 aromatic heterocycles. The number of thiocarbonyl (C=S) groups is 1. The minimum absolute atomic E-state index is 0.528. The van der Waals surface area contributed by atoms with E-state index in [1.54, 1.807) is 21.3 Å². The lowest BCUT2D eigenvalue weighted by molar-refractivity contribution is 0.347. The number of hydrogen-bond donors (Lipinski definition) is 2. The maximum Gasteiger partial charge on any atom is 0.166 e. The van der Waals surface area contributed by atoms with Crippen molar-refractivity contribution >= 4 is 17.3 Å². The number of benzene rings is 2. The number of rotatable bonds is 8. The van der Waals surface area contributed by atoms with Crippen LogP contribution in [0, 0.1) is 0 Å². The van der Waals surface area contributed by atoms with E-state index in [0.29, 0.717) is 23.2 Å². The van der Waals surface area contributed by atoms with Gasteiger partial charge in [0, 0.05) is 24.7 Å². The van der Waals surface area contributed by atoms with Crippen molar-refractivity contribution in [1.82, 2.24) is 10.6 Å². The first-order chi connectivity index (χ1) is 12.2. The first-order valence-electron chi connectivity index (χ1n) is 8.02. The molecule has 0 fully saturated rings. The van der Waals surface area contributed by atoms with Crippen molar-refractivity contribution < 1.29 is 14.2 Å². The van der Waals surface area contributed by atoms with Gasteiger partial charge < -0.3 is 24.8 Å². The predicted molar refractivity (Wildman–Crippen MR) is 104 cm³/mol. The van der Waals surface area contributed by atoms with Gasteiger partial charge in [-0.25, -0.2) is 0 Å². The van der Waals surface area contributed by atoms with Crippen LogP contribution in [-0.2, 0) is 13.0 Å². The van der Waals surface area contributed by atoms with Gasteiger partial charge in [0.1, 0.15) is 5.75 Å². The SMILES string of the molecule is COc1cc(OC)c(OC)cc1CNC(=S)NCCc1ccccc1. The van der Waals surface area contributed by atoms with Crippen LogP contribution in [0.3, 0.4) is 0 Å². The smallest absolute Gasteiger partial charge is 0.166 e. The Labute approximate surface area is 154 Å². The van der Waals surface area contributed by atoms with Crippen molar-refractivity contribution in [2.24, 2.45) is 0 Å². The molecule has 5 nitrogen and oxygen atoms in total. The molecule has 2 N–H and O–H groups in total. The molecule has 0 aliphatic rings. The highest BCUT2D eigenvalue weighted by Crippen LogP contribution is 2.34. The first-order valence-corrected chi connectivity index (χ1v) is 8.43. The fourth-order valence-electron chi connectivity index (χ4n) is 2.43. The van der Waals surface area contributed by atoms with Crippen LogP contribution in [0.25, 0.3) is 0 Å². The molecule has 2 aromatic rings. The summed E-state index contributed by atoms with van der Waals surface area (Å²) in [5.74, 6) is 2.01. The monoisotopic (exact) mass is 360 g/mol. The van der Waals surface area contributed by atoms with E-state index in [9.17, 15) is 0 Å². The third kappa shape index (κ3) is 5.53. The number of ether oxygens (including phenoxy) is 3. The highest BCUT2D eigenvalue weighted by atomic mass is 32.1. The Hall–Kier alpha value is -2.47. The van der Waals surface area contributed by atoms with Gasteiger partial charge in [0.25, 0.3) is 0 Å². The second-order valence-electron chi connectivity index (χ2n) is 5.36. The van der Waals surface area contributed by atoms with Crippen molar-refractivity contribution in [3.63, 3.8) is 0 Å². The molecule has 0 saturated heterocycles. The van der Waals surface area contributed by atoms with Gasteiger partial charge in [-0.2, -0.15) is 0 Å². The Morgan fingerprint density at radius 2 is 1.52 bits per heavy atom. The maximum absolute atomic E-state index is 5.42. The van der Waals surface area contributed by atoms with Crippen molar-refractivity contribution in [3.05, 3.63) is 53.6 Å². The normalized spacial score (nSPS) is 10.0. The van der Waals surface area contributed by atoms with Gasteiger partial charge in [-0.1, -0.05) is 30.3 Å². The lowest BCUT2D eigenvalue weighted by Crippen LogP contribution is -2.36. The molecule has 6 heteroatoms. The summed E-state index contributed by atoms with van der Waals surface area (Å²) in [5.41, 5.74) is 2.21. The molecule has 0 radical (unpaired) electrons. The van der Waals surface area contributed by atoms with Crippen molar-refractivity contribution in [1.29, 1.82) is 0 Å². The van der Waals surface area contributed by atoms with Gasteiger partial charge in [0.05, 0.1) is 21.3 Å². The average Bonchev–Trinajstić information content (AvgIpc) is 2.66. The molecule has 0 aliphatic heterocycles. The molecule has 2 aromatic carbocycles. The van der Waals surface area contributed by atoms with Crippen molar-refractivity contribution in [2.45, 2.75) is 13.0 Å². The molecule has 0 saturated carbocycles. The average molecular weight is 360 g/mol. The van der Waals surface area contributed by atoms with Crippen molar-refractivity contribution in [2.75, 3.05) is 27.9 Å². The molecule has 0 heterocycles. The zero-order chi connectivity index (χ0) is 18.1. The summed E-state index contributed by atoms with van der Waals surface area (Å²) < 4.78 is 16.1. The van der Waals surface area contributed by atoms with E-state index >= 15 is 0 Å². The van der Waals surface area contributed by atoms with E-state index in [2.05, 4.69) is 22.8 Å². The lowest BCUT2D eigenvalue weighted by Gasteiger charge is -2.16. The summed E-state index contributed by atoms with van der Waals surface area (Å²) >= 11 is 5.34. The third-order valence-corrected chi connectivity index (χ3v) is 4.06. The summed E-state index contributed by atoms with van der Waals surface area (Å²) in [6, 6.07) is 14.0. The van der Waals surface area contributed by atoms with Crippen LogP contribution in [0.1, 0.15) is 11.1 Å². The molecule has 0 aliphatic carbocycles. The molecule has 134 valence electrons. The van der Waals surface area contributed by atoms with Crippen LogP contribution in [0.15, 0.2) is 42.5 Å². The Morgan fingerprint density at radius 1 is 0.880 bits per heavy atom. The van der Waals surface area contributed by atoms with E-state index in [1.165, 1.54) is 5.56 Å². The zero-order valence-electron chi connectivity index (χ0n) is 14.8. The number of hydrogen-bond acceptors (Lipinski definition) is 4. The highest BCUT2D eigenvalue weighted by molar-refractivity contribution is 7.80. The highest BCUT2D eigenvalue weighted by Gasteiger charge is 2.12. The zero-order valence-corrected chi connectivity index (χ0v) is 15.6. The molecular weight excluding hydrogens is 336 g/mol. The fourth-order valence-corrected chi connectivity index (χ4v) is 2.61. The predicted octanol–water partition coefficient (Wildman–Crippen LogP) is 2.92. The van der Waals surface area contributed by atoms with E-state index in [1.807, 2.05) is 30.3 Å². The summed E-state index contributed by atoms with van der Waals surface area (Å²) in [4.78, 5) is 0. The summed E-state index contributed by atoms with van der Waals surface area (Å²) in [6.45, 7) is 1.31. The quantitative estimate of drug-likeness (QED) is 0.706. The maximum atomic E-state index is 5.42. The van der Waals surface area contributed by atoms with Gasteiger partial charge in [-0.05, 0) is 30.3 Å². The van der Waals surface area contributed by atoms with Crippen LogP contribution in [0.5, 0.6) is 17.2 Å². The molecule has 0 bridgehead atoms. The topological polar surface area (TPSA) is 51.8 Å². The molecule has 25 heavy (non-hydrogen) atoms. The van der Waals surface area contributed by atoms with E-state index in [0.717, 1.165) is 24.3 Å². The molecule has 0 atom stereocenters. The van der Waals surface area contributed by atoms with Crippen LogP contribution >= 0.6 is 12.2 Å². The van der Waals surface area contributed by atoms with Gasteiger partial charge in [-0.3, -0.25) is 0 Å². The van der Waals surface area contributed by atoms with E-state index in [-0.39, 0.29) is 0 Å². The minimum Gasteiger partial charge on any atom is -0.496 e. The molecule has 0 unspecified atom stereocenters. The van der Waals surface area contributed by atoms with Gasteiger partial charge in [-0.15, -0.1) is 0 Å². The summed E-state index contributed by atoms with van der Waals surface area (Å²) in [6.07, 6.45) is 0.919. The van der Waals surface area contributed by atoms with Crippen LogP contribution < -0.4 is 24.8 Å². The first kappa shape index (κ1) is 18.9. The van der Waals surface area contributed by atoms with Gasteiger partial charge in [0.15, 0.2) is 16.6 Å². The Bertz CT molecular complexity index is 693. The van der Waals surface area contributed by atoms with Crippen LogP contribution in [0.4, 0.5) is 0 Å². The largest absolute Gasteiger partial charge is 0.496 e. The summed E-state index contributed by atoms with van der Waals surface area (Å²) in [5, 5.41) is 7.01. The van der Waals surface area contributed by atoms with Gasteiger partial charge >= 0.3 is 0 Å². The Morgan fingerprint density at radius 3 is 2.16 bits per heavy atom. The molecule has 0 spiro atoms. The van der Waals surface area contributed by atoms with E-state index in [4.69, 9.17) is 26.4 Å². The van der Waals surface area contributed by atoms with Gasteiger partial charge in [0.2, 0.25) is 0 Å². The second-order valence-corrected chi connectivity index (χ2v) is 5.77. The fraction of sp³-hybridized carbons (Fsp3) is 0.316. The number of methoxy groups -OCH3 is 3. The van der Waals surface area contributed by atoms with Crippen molar-refractivity contribution in [3.8, 4) is 17.2 Å². The van der Waals surface area contributed by atoms with Crippen LogP contribution in [0.2, 0.25) is 0 Å². The Kier molecular flexibility index (Phi) is 7.35. The Balaban J connectivity index is 1.88. The van der Waals surface area contributed by atoms with E-state index < -0.39 is 0 Å². The lowest BCUT2D eigenvalue weighted by atomic mass is 10.1. The summed E-state index contributed by atoms with van der Waals surface area (Å²) in [7, 11) is 4.83. The number of nitrogens with one attached hydrogen (secondary N) is 2. The standard InChI is InChI=1S/C19H24N2O3S/c1-22-16-12-18(24-3)17(23-2)11-15(16)13-21-19(25)20-10-9-14-7-5-4-6-8-14/h4-8,11-12H,9-10,13H2,1-3H3,(H2,20,21,25).